The van der Waals surface area contributed by atoms with Gasteiger partial charge in [-0.3, -0.25) is 0 Å². The van der Waals surface area contributed by atoms with Gasteiger partial charge in [-0.15, -0.1) is 0 Å². The van der Waals surface area contributed by atoms with Crippen molar-refractivity contribution in [2.24, 2.45) is 28.6 Å². The fourth-order valence-electron chi connectivity index (χ4n) is 6.72. The maximum atomic E-state index is 6.79. The van der Waals surface area contributed by atoms with Crippen LogP contribution in [0.1, 0.15) is 85.0 Å². The van der Waals surface area contributed by atoms with Gasteiger partial charge in [0.25, 0.3) is 0 Å². The lowest BCUT2D eigenvalue weighted by Gasteiger charge is -2.39. The summed E-state index contributed by atoms with van der Waals surface area (Å²) in [5, 5.41) is 0. The van der Waals surface area contributed by atoms with Gasteiger partial charge in [0.2, 0.25) is 0 Å². The van der Waals surface area contributed by atoms with E-state index in [0.717, 1.165) is 17.8 Å². The summed E-state index contributed by atoms with van der Waals surface area (Å²) in [4.78, 5) is 0. The summed E-state index contributed by atoms with van der Waals surface area (Å²) < 4.78 is 6.79. The number of hydrogen-bond acceptors (Lipinski definition) is 1. The number of fused-ring (bicyclic) bond motifs is 5. The first-order valence-electron chi connectivity index (χ1n) is 9.69. The first kappa shape index (κ1) is 14.5. The molecule has 1 heteroatoms. The lowest BCUT2D eigenvalue weighted by Crippen LogP contribution is -2.38. The Bertz CT molecular complexity index is 393. The van der Waals surface area contributed by atoms with Gasteiger partial charge in [0.15, 0.2) is 0 Å². The smallest absolute Gasteiger partial charge is 0.0669 e. The van der Waals surface area contributed by atoms with Gasteiger partial charge >= 0.3 is 0 Å². The van der Waals surface area contributed by atoms with Crippen molar-refractivity contribution in [3.05, 3.63) is 0 Å². The maximum absolute atomic E-state index is 6.79. The molecule has 3 saturated carbocycles. The van der Waals surface area contributed by atoms with E-state index in [0.29, 0.717) is 23.0 Å². The molecule has 120 valence electrons. The highest BCUT2D eigenvalue weighted by molar-refractivity contribution is 5.17. The van der Waals surface area contributed by atoms with Crippen LogP contribution >= 0.6 is 0 Å². The number of rotatable bonds is 1. The van der Waals surface area contributed by atoms with Crippen molar-refractivity contribution in [3.8, 4) is 0 Å². The Hall–Kier alpha value is -0.0400. The molecular formula is C20H34O. The Balaban J connectivity index is 1.49. The molecule has 0 aromatic rings. The van der Waals surface area contributed by atoms with Gasteiger partial charge in [-0.05, 0) is 60.7 Å². The molecule has 1 nitrogen and oxygen atoms in total. The molecule has 5 unspecified atom stereocenters. The fourth-order valence-corrected chi connectivity index (χ4v) is 6.72. The van der Waals surface area contributed by atoms with Crippen LogP contribution in [0.4, 0.5) is 0 Å². The number of ether oxygens (including phenoxy) is 1. The monoisotopic (exact) mass is 290 g/mol. The molecular weight excluding hydrogens is 256 g/mol. The van der Waals surface area contributed by atoms with E-state index in [1.807, 2.05) is 0 Å². The molecule has 4 rings (SSSR count). The highest BCUT2D eigenvalue weighted by atomic mass is 16.5. The highest BCUT2D eigenvalue weighted by Crippen LogP contribution is 2.71. The van der Waals surface area contributed by atoms with E-state index in [-0.39, 0.29) is 0 Å². The predicted molar refractivity (Wildman–Crippen MR) is 87.2 cm³/mol. The molecule has 1 heterocycles. The number of hydrogen-bond donors (Lipinski definition) is 0. The van der Waals surface area contributed by atoms with Crippen LogP contribution in [0, 0.1) is 28.6 Å². The molecule has 0 aromatic carbocycles. The summed E-state index contributed by atoms with van der Waals surface area (Å²) >= 11 is 0. The van der Waals surface area contributed by atoms with E-state index in [9.17, 15) is 0 Å². The standard InChI is InChI=1S/C20H34O/c1-19(2)16-11-12-20(19,3)18-15(16)13-17(21-18)14-9-7-5-4-6-8-10-14/h14-18H,4-13H2,1-3H3. The van der Waals surface area contributed by atoms with Crippen molar-refractivity contribution in [2.75, 3.05) is 0 Å². The molecule has 0 amide bonds. The van der Waals surface area contributed by atoms with Gasteiger partial charge in [-0.25, -0.2) is 0 Å². The Kier molecular flexibility index (Phi) is 3.45. The minimum atomic E-state index is 0.457. The predicted octanol–water partition coefficient (Wildman–Crippen LogP) is 5.58. The Morgan fingerprint density at radius 1 is 0.857 bits per heavy atom. The van der Waals surface area contributed by atoms with Gasteiger partial charge in [-0.2, -0.15) is 0 Å². The molecule has 5 atom stereocenters. The Labute approximate surface area is 131 Å². The van der Waals surface area contributed by atoms with Gasteiger partial charge < -0.3 is 4.74 Å². The zero-order valence-electron chi connectivity index (χ0n) is 14.4. The molecule has 0 spiro atoms. The van der Waals surface area contributed by atoms with Crippen molar-refractivity contribution >= 4 is 0 Å². The van der Waals surface area contributed by atoms with E-state index in [1.165, 1.54) is 64.2 Å². The Morgan fingerprint density at radius 3 is 2.19 bits per heavy atom. The molecule has 4 aliphatic rings. The van der Waals surface area contributed by atoms with Gasteiger partial charge in [-0.1, -0.05) is 52.9 Å². The average Bonchev–Trinajstić information content (AvgIpc) is 2.96. The van der Waals surface area contributed by atoms with E-state index < -0.39 is 0 Å². The highest BCUT2D eigenvalue weighted by Gasteiger charge is 2.69. The van der Waals surface area contributed by atoms with Gasteiger partial charge in [0.05, 0.1) is 12.2 Å². The first-order chi connectivity index (χ1) is 10.0. The molecule has 0 N–H and O–H groups in total. The van der Waals surface area contributed by atoms with Crippen molar-refractivity contribution in [1.29, 1.82) is 0 Å². The van der Waals surface area contributed by atoms with Crippen LogP contribution in [0.2, 0.25) is 0 Å². The van der Waals surface area contributed by atoms with E-state index in [2.05, 4.69) is 20.8 Å². The zero-order chi connectivity index (χ0) is 14.7. The molecule has 1 aliphatic heterocycles. The van der Waals surface area contributed by atoms with Crippen molar-refractivity contribution in [3.63, 3.8) is 0 Å². The second kappa shape index (κ2) is 4.98. The molecule has 4 fully saturated rings. The van der Waals surface area contributed by atoms with Crippen LogP contribution in [0.15, 0.2) is 0 Å². The Morgan fingerprint density at radius 2 is 1.52 bits per heavy atom. The van der Waals surface area contributed by atoms with Crippen LogP contribution in [0.5, 0.6) is 0 Å². The second-order valence-corrected chi connectivity index (χ2v) is 9.38. The first-order valence-corrected chi connectivity index (χ1v) is 9.69. The van der Waals surface area contributed by atoms with Crippen molar-refractivity contribution in [1.82, 2.24) is 0 Å². The third-order valence-corrected chi connectivity index (χ3v) is 8.41. The molecule has 0 radical (unpaired) electrons. The molecule has 2 bridgehead atoms. The lowest BCUT2D eigenvalue weighted by molar-refractivity contribution is -0.0739. The fraction of sp³-hybridized carbons (Fsp3) is 1.00. The third kappa shape index (κ3) is 1.98. The summed E-state index contributed by atoms with van der Waals surface area (Å²) in [5.41, 5.74) is 0.965. The van der Waals surface area contributed by atoms with E-state index >= 15 is 0 Å². The zero-order valence-corrected chi connectivity index (χ0v) is 14.4. The van der Waals surface area contributed by atoms with E-state index in [1.54, 1.807) is 0 Å². The van der Waals surface area contributed by atoms with Crippen LogP contribution < -0.4 is 0 Å². The summed E-state index contributed by atoms with van der Waals surface area (Å²) in [6.45, 7) is 7.59. The lowest BCUT2D eigenvalue weighted by atomic mass is 9.70. The van der Waals surface area contributed by atoms with E-state index in [4.69, 9.17) is 4.74 Å². The van der Waals surface area contributed by atoms with Crippen molar-refractivity contribution in [2.45, 2.75) is 97.2 Å². The summed E-state index contributed by atoms with van der Waals surface area (Å²) in [7, 11) is 0. The summed E-state index contributed by atoms with van der Waals surface area (Å²) in [6, 6.07) is 0. The quantitative estimate of drug-likeness (QED) is 0.613. The van der Waals surface area contributed by atoms with Gasteiger partial charge in [0, 0.05) is 0 Å². The van der Waals surface area contributed by atoms with Crippen LogP contribution in [-0.4, -0.2) is 12.2 Å². The van der Waals surface area contributed by atoms with Crippen LogP contribution in [0.3, 0.4) is 0 Å². The maximum Gasteiger partial charge on any atom is 0.0669 e. The van der Waals surface area contributed by atoms with Crippen LogP contribution in [-0.2, 0) is 4.74 Å². The normalized spacial score (nSPS) is 49.9. The SMILES string of the molecule is CC1(C)C2CCC1(C)C1OC(C3CCCCCCC3)CC21. The minimum absolute atomic E-state index is 0.457. The molecule has 1 saturated heterocycles. The molecule has 21 heavy (non-hydrogen) atoms. The average molecular weight is 290 g/mol. The largest absolute Gasteiger partial charge is 0.374 e. The minimum Gasteiger partial charge on any atom is -0.374 e. The van der Waals surface area contributed by atoms with Crippen LogP contribution in [0.25, 0.3) is 0 Å². The molecule has 0 aromatic heterocycles. The topological polar surface area (TPSA) is 9.23 Å². The second-order valence-electron chi connectivity index (χ2n) is 9.38. The summed E-state index contributed by atoms with van der Waals surface area (Å²) in [6.07, 6.45) is 15.6. The molecule has 3 aliphatic carbocycles. The van der Waals surface area contributed by atoms with Gasteiger partial charge in [0.1, 0.15) is 0 Å². The summed E-state index contributed by atoms with van der Waals surface area (Å²) in [5.74, 6) is 2.70. The van der Waals surface area contributed by atoms with Crippen molar-refractivity contribution < 1.29 is 4.74 Å². The third-order valence-electron chi connectivity index (χ3n) is 8.41.